The van der Waals surface area contributed by atoms with Crippen LogP contribution in [0, 0.1) is 0 Å². The predicted octanol–water partition coefficient (Wildman–Crippen LogP) is 8.84. The van der Waals surface area contributed by atoms with Crippen LogP contribution in [0.2, 0.25) is 18.1 Å². The lowest BCUT2D eigenvalue weighted by molar-refractivity contribution is -0.108. The van der Waals surface area contributed by atoms with Gasteiger partial charge < -0.3 is 9.22 Å². The minimum Gasteiger partial charge on any atom is -0.414 e. The lowest BCUT2D eigenvalue weighted by Crippen LogP contribution is -2.44. The number of hydrogen-bond donors (Lipinski definition) is 0. The van der Waals surface area contributed by atoms with Crippen LogP contribution in [0.25, 0.3) is 0 Å². The molecule has 3 heteroatoms. The van der Waals surface area contributed by atoms with Gasteiger partial charge >= 0.3 is 0 Å². The molecule has 0 saturated carbocycles. The van der Waals surface area contributed by atoms with Crippen LogP contribution < -0.4 is 0 Å². The van der Waals surface area contributed by atoms with Gasteiger partial charge in [0.2, 0.25) is 0 Å². The number of rotatable bonds is 19. The van der Waals surface area contributed by atoms with Gasteiger partial charge in [0.05, 0.1) is 0 Å². The normalized spacial score (nSPS) is 13.6. The minimum atomic E-state index is -1.72. The number of carbonyl (C=O) groups is 1. The van der Waals surface area contributed by atoms with Gasteiger partial charge in [-0.2, -0.15) is 0 Å². The van der Waals surface area contributed by atoms with Crippen molar-refractivity contribution in [3.63, 3.8) is 0 Å². The summed E-state index contributed by atoms with van der Waals surface area (Å²) in [5.41, 5.74) is 0. The van der Waals surface area contributed by atoms with Crippen molar-refractivity contribution in [3.05, 3.63) is 0 Å². The molecule has 0 rings (SSSR count). The Morgan fingerprint density at radius 1 is 0.750 bits per heavy atom. The van der Waals surface area contributed by atoms with Crippen LogP contribution in [0.3, 0.4) is 0 Å². The van der Waals surface area contributed by atoms with Gasteiger partial charge in [0, 0.05) is 12.5 Å². The third-order valence-corrected chi connectivity index (χ3v) is 11.0. The molecule has 0 spiro atoms. The molecule has 0 amide bonds. The van der Waals surface area contributed by atoms with E-state index in [4.69, 9.17) is 4.43 Å². The number of aldehydes is 1. The first kappa shape index (κ1) is 27.8. The van der Waals surface area contributed by atoms with Crippen LogP contribution in [-0.2, 0) is 9.22 Å². The molecule has 0 bridgehead atoms. The fraction of sp³-hybridized carbons (Fsp3) is 0.960. The maximum Gasteiger partial charge on any atom is 0.192 e. The zero-order valence-electron chi connectivity index (χ0n) is 20.3. The molecule has 28 heavy (non-hydrogen) atoms. The van der Waals surface area contributed by atoms with Crippen molar-refractivity contribution in [2.45, 2.75) is 155 Å². The van der Waals surface area contributed by atoms with Gasteiger partial charge in [-0.1, -0.05) is 105 Å². The predicted molar refractivity (Wildman–Crippen MR) is 128 cm³/mol. The molecule has 1 atom stereocenters. The summed E-state index contributed by atoms with van der Waals surface area (Å²) >= 11 is 0. The van der Waals surface area contributed by atoms with Gasteiger partial charge in [0.1, 0.15) is 6.29 Å². The molecular weight excluding hydrogens is 360 g/mol. The van der Waals surface area contributed by atoms with E-state index in [1.807, 2.05) is 0 Å². The first-order chi connectivity index (χ1) is 13.2. The number of hydrogen-bond acceptors (Lipinski definition) is 2. The van der Waals surface area contributed by atoms with E-state index < -0.39 is 8.32 Å². The first-order valence-electron chi connectivity index (χ1n) is 12.4. The maximum absolute atomic E-state index is 10.7. The molecule has 0 radical (unpaired) electrons. The van der Waals surface area contributed by atoms with E-state index in [0.29, 0.717) is 12.5 Å². The summed E-state index contributed by atoms with van der Waals surface area (Å²) in [4.78, 5) is 10.7. The molecule has 0 fully saturated rings. The zero-order valence-corrected chi connectivity index (χ0v) is 21.3. The summed E-state index contributed by atoms with van der Waals surface area (Å²) in [6.07, 6.45) is 22.0. The van der Waals surface area contributed by atoms with Crippen LogP contribution in [0.15, 0.2) is 0 Å². The molecule has 0 aliphatic heterocycles. The molecule has 0 saturated heterocycles. The Labute approximate surface area is 178 Å². The molecule has 0 aliphatic carbocycles. The Morgan fingerprint density at radius 3 is 1.61 bits per heavy atom. The Hall–Kier alpha value is -0.153. The molecule has 0 N–H and O–H groups in total. The minimum absolute atomic E-state index is 0.256. The van der Waals surface area contributed by atoms with Crippen LogP contribution in [-0.4, -0.2) is 20.7 Å². The maximum atomic E-state index is 10.7. The van der Waals surface area contributed by atoms with Crippen molar-refractivity contribution in [2.75, 3.05) is 0 Å². The molecule has 0 unspecified atom stereocenters. The van der Waals surface area contributed by atoms with Crippen LogP contribution in [0.4, 0.5) is 0 Å². The monoisotopic (exact) mass is 412 g/mol. The quantitative estimate of drug-likeness (QED) is 0.120. The van der Waals surface area contributed by atoms with Crippen LogP contribution in [0.5, 0.6) is 0 Å². The highest BCUT2D eigenvalue weighted by Crippen LogP contribution is 2.38. The van der Waals surface area contributed by atoms with E-state index >= 15 is 0 Å². The summed E-state index contributed by atoms with van der Waals surface area (Å²) in [7, 11) is -1.72. The van der Waals surface area contributed by atoms with Gasteiger partial charge in [-0.15, -0.1) is 0 Å². The van der Waals surface area contributed by atoms with Crippen molar-refractivity contribution in [1.29, 1.82) is 0 Å². The SMILES string of the molecule is CCCCCCCCCCCCCC[C@@H](CCCC=O)O[Si](C)(C)C(C)(C)C. The van der Waals surface area contributed by atoms with Gasteiger partial charge in [0.15, 0.2) is 8.32 Å². The summed E-state index contributed by atoms with van der Waals surface area (Å²) < 4.78 is 6.67. The van der Waals surface area contributed by atoms with E-state index in [2.05, 4.69) is 40.8 Å². The second-order valence-corrected chi connectivity index (χ2v) is 15.0. The van der Waals surface area contributed by atoms with E-state index in [1.54, 1.807) is 0 Å². The lowest BCUT2D eigenvalue weighted by atomic mass is 10.0. The summed E-state index contributed by atoms with van der Waals surface area (Å²) in [5, 5.41) is 0.256. The average Bonchev–Trinajstić information content (AvgIpc) is 2.61. The number of carbonyl (C=O) groups excluding carboxylic acids is 1. The van der Waals surface area contributed by atoms with Gasteiger partial charge in [0.25, 0.3) is 0 Å². The smallest absolute Gasteiger partial charge is 0.192 e. The molecule has 168 valence electrons. The highest BCUT2D eigenvalue weighted by atomic mass is 28.4. The summed E-state index contributed by atoms with van der Waals surface area (Å²) in [6, 6.07) is 0. The summed E-state index contributed by atoms with van der Waals surface area (Å²) in [6.45, 7) is 13.9. The lowest BCUT2D eigenvalue weighted by Gasteiger charge is -2.39. The summed E-state index contributed by atoms with van der Waals surface area (Å²) in [5.74, 6) is 0. The van der Waals surface area contributed by atoms with Crippen molar-refractivity contribution >= 4 is 14.6 Å². The standard InChI is InChI=1S/C25H52O2Si/c1-7-8-9-10-11-12-13-14-15-16-17-18-21-24(22-19-20-23-26)27-28(5,6)25(2,3)4/h23-24H,7-22H2,1-6H3/t24-/m0/s1. The molecule has 0 aromatic rings. The fourth-order valence-electron chi connectivity index (χ4n) is 3.50. The second kappa shape index (κ2) is 16.6. The largest absolute Gasteiger partial charge is 0.414 e. The highest BCUT2D eigenvalue weighted by molar-refractivity contribution is 6.74. The van der Waals surface area contributed by atoms with Crippen LogP contribution in [0.1, 0.15) is 130 Å². The first-order valence-corrected chi connectivity index (χ1v) is 15.3. The van der Waals surface area contributed by atoms with E-state index in [0.717, 1.165) is 19.1 Å². The highest BCUT2D eigenvalue weighted by Gasteiger charge is 2.38. The zero-order chi connectivity index (χ0) is 21.3. The van der Waals surface area contributed by atoms with Gasteiger partial charge in [-0.05, 0) is 37.4 Å². The molecule has 0 heterocycles. The van der Waals surface area contributed by atoms with E-state index in [-0.39, 0.29) is 5.04 Å². The second-order valence-electron chi connectivity index (χ2n) is 10.3. The fourth-order valence-corrected chi connectivity index (χ4v) is 4.92. The van der Waals surface area contributed by atoms with E-state index in [1.165, 1.54) is 83.5 Å². The molecule has 0 aromatic carbocycles. The van der Waals surface area contributed by atoms with Gasteiger partial charge in [-0.25, -0.2) is 0 Å². The van der Waals surface area contributed by atoms with Crippen molar-refractivity contribution < 1.29 is 9.22 Å². The Kier molecular flexibility index (Phi) is 16.5. The van der Waals surface area contributed by atoms with Crippen molar-refractivity contribution in [3.8, 4) is 0 Å². The average molecular weight is 413 g/mol. The third kappa shape index (κ3) is 14.8. The molecule has 2 nitrogen and oxygen atoms in total. The Balaban J connectivity index is 3.91. The van der Waals surface area contributed by atoms with Gasteiger partial charge in [-0.3, -0.25) is 0 Å². The third-order valence-electron chi connectivity index (χ3n) is 6.50. The van der Waals surface area contributed by atoms with Crippen LogP contribution >= 0.6 is 0 Å². The van der Waals surface area contributed by atoms with Crippen molar-refractivity contribution in [1.82, 2.24) is 0 Å². The Morgan fingerprint density at radius 2 is 1.18 bits per heavy atom. The molecule has 0 aliphatic rings. The topological polar surface area (TPSA) is 26.3 Å². The van der Waals surface area contributed by atoms with E-state index in [9.17, 15) is 4.79 Å². The Bertz CT molecular complexity index is 360. The molecular formula is C25H52O2Si. The van der Waals surface area contributed by atoms with Crippen molar-refractivity contribution in [2.24, 2.45) is 0 Å². The number of unbranched alkanes of at least 4 members (excludes halogenated alkanes) is 12. The molecule has 0 aromatic heterocycles.